The van der Waals surface area contributed by atoms with Crippen molar-refractivity contribution in [1.29, 1.82) is 15.8 Å². The normalized spacial score (nSPS) is 13.2. The fraction of sp³-hybridized carbons (Fsp3) is 0. The quantitative estimate of drug-likeness (QED) is 0.133. The molecule has 3 aromatic carbocycles. The maximum atomic E-state index is 14.5. The first-order valence-electron chi connectivity index (χ1n) is 13.7. The van der Waals surface area contributed by atoms with Crippen molar-refractivity contribution in [1.82, 2.24) is 15.0 Å². The topological polar surface area (TPSA) is 184 Å². The third kappa shape index (κ3) is 4.90. The van der Waals surface area contributed by atoms with Gasteiger partial charge in [-0.25, -0.2) is 97.6 Å². The van der Waals surface area contributed by atoms with Gasteiger partial charge >= 0.3 is 0 Å². The minimum atomic E-state index is -2.32. The second-order valence-electron chi connectivity index (χ2n) is 10.3. The van der Waals surface area contributed by atoms with Crippen LogP contribution in [0.3, 0.4) is 0 Å². The summed E-state index contributed by atoms with van der Waals surface area (Å²) in [7, 11) is 0. The van der Waals surface area contributed by atoms with Gasteiger partial charge in [0.05, 0.1) is 0 Å². The molecule has 0 spiro atoms. The summed E-state index contributed by atoms with van der Waals surface area (Å²) < 4.78 is 171. The van der Waals surface area contributed by atoms with Crippen molar-refractivity contribution in [3.05, 3.63) is 137 Å². The molecule has 3 aliphatic heterocycles. The Morgan fingerprint density at radius 1 is 0.296 bits per heavy atom. The number of hydrogen-bond donors (Lipinski definition) is 0. The van der Waals surface area contributed by atoms with E-state index in [4.69, 9.17) is 0 Å². The van der Waals surface area contributed by atoms with Gasteiger partial charge in [0.15, 0.2) is 105 Å². The van der Waals surface area contributed by atoms with Crippen molar-refractivity contribution in [2.75, 3.05) is 0 Å². The number of benzene rings is 3. The van der Waals surface area contributed by atoms with Crippen molar-refractivity contribution < 1.29 is 52.7 Å². The van der Waals surface area contributed by atoms with Crippen molar-refractivity contribution in [2.45, 2.75) is 0 Å². The van der Waals surface area contributed by atoms with Gasteiger partial charge in [0.25, 0.3) is 0 Å². The molecule has 0 unspecified atom stereocenters. The summed E-state index contributed by atoms with van der Waals surface area (Å²) in [6.07, 6.45) is 0. The van der Waals surface area contributed by atoms with Crippen LogP contribution in [0.25, 0.3) is 16.7 Å². The average Bonchev–Trinajstić information content (AvgIpc) is 3.92. The van der Waals surface area contributed by atoms with Gasteiger partial charge in [0.1, 0.15) is 67.1 Å². The molecule has 24 heteroatoms. The first-order chi connectivity index (χ1) is 25.6. The van der Waals surface area contributed by atoms with Crippen molar-refractivity contribution in [2.24, 2.45) is 30.0 Å². The number of aromatic nitrogens is 3. The maximum absolute atomic E-state index is 14.5. The molecule has 0 saturated carbocycles. The molecule has 0 fully saturated rings. The van der Waals surface area contributed by atoms with E-state index in [1.54, 1.807) is 0 Å². The minimum absolute atomic E-state index is 1.06. The van der Waals surface area contributed by atoms with Crippen molar-refractivity contribution in [3.63, 3.8) is 0 Å². The third-order valence-electron chi connectivity index (χ3n) is 7.27. The van der Waals surface area contributed by atoms with Gasteiger partial charge in [0, 0.05) is 0 Å². The van der Waals surface area contributed by atoms with Gasteiger partial charge in [-0.2, -0.15) is 15.8 Å². The summed E-state index contributed by atoms with van der Waals surface area (Å²) >= 11 is 0. The molecule has 0 atom stereocenters. The smallest absolute Gasteiger partial charge is 0.199 e. The zero-order chi connectivity index (χ0) is 39.1. The van der Waals surface area contributed by atoms with Gasteiger partial charge in [-0.15, -0.1) is 0 Å². The molecule has 4 heterocycles. The Balaban J connectivity index is 1.56. The van der Waals surface area contributed by atoms with Crippen LogP contribution in [0, 0.1) is 104 Å². The average molecular weight is 756 g/mol. The van der Waals surface area contributed by atoms with Crippen LogP contribution < -0.4 is 32.1 Å². The van der Waals surface area contributed by atoms with E-state index < -0.39 is 154 Å². The summed E-state index contributed by atoms with van der Waals surface area (Å²) in [5.41, 5.74) is -3.22. The number of rotatable bonds is 3. The van der Waals surface area contributed by atoms with Gasteiger partial charge in [-0.1, -0.05) is 0 Å². The maximum Gasteiger partial charge on any atom is 0.199 e. The highest BCUT2D eigenvalue weighted by Crippen LogP contribution is 2.27. The lowest BCUT2D eigenvalue weighted by Gasteiger charge is -2.07. The molecular formula is C30F12N12. The number of allylic oxidation sites excluding steroid dienone is 3. The van der Waals surface area contributed by atoms with Gasteiger partial charge in [0.2, 0.25) is 0 Å². The van der Waals surface area contributed by atoms with Crippen LogP contribution in [-0.2, 0) is 0 Å². The van der Waals surface area contributed by atoms with E-state index in [1.165, 1.54) is 18.2 Å². The fourth-order valence-corrected chi connectivity index (χ4v) is 4.79. The summed E-state index contributed by atoms with van der Waals surface area (Å²) in [6.45, 7) is 0. The highest BCUT2D eigenvalue weighted by atomic mass is 19.2. The Hall–Kier alpha value is -7.68. The Morgan fingerprint density at radius 3 is 0.611 bits per heavy atom. The second-order valence-corrected chi connectivity index (χ2v) is 10.3. The van der Waals surface area contributed by atoms with E-state index in [9.17, 15) is 68.5 Å². The lowest BCUT2D eigenvalue weighted by molar-refractivity contribution is 0.399. The second kappa shape index (κ2) is 12.2. The van der Waals surface area contributed by atoms with Crippen LogP contribution in [0.5, 0.6) is 0 Å². The largest absolute Gasteiger partial charge is 0.222 e. The molecule has 0 saturated heterocycles. The molecule has 54 heavy (non-hydrogen) atoms. The van der Waals surface area contributed by atoms with Crippen LogP contribution in [0.4, 0.5) is 52.7 Å². The van der Waals surface area contributed by atoms with Crippen molar-refractivity contribution in [3.8, 4) is 18.2 Å². The Kier molecular flexibility index (Phi) is 7.87. The molecule has 4 aromatic rings. The SMILES string of the molecule is N#CC(=C1N=c2c(F)c(F)c(F)c(F)c2=N1)c1nc(C(C#N)=C2N=c3c(F)c(F)c(F)c(F)c3=N2)nc(C(C#N)=C2N=c3c(F)c(F)c(F)c(F)c3=N2)n1. The molecule has 3 aliphatic rings. The fourth-order valence-electron chi connectivity index (χ4n) is 4.79. The lowest BCUT2D eigenvalue weighted by Crippen LogP contribution is -2.32. The highest BCUT2D eigenvalue weighted by molar-refractivity contribution is 5.82. The van der Waals surface area contributed by atoms with Crippen LogP contribution in [0.2, 0.25) is 0 Å². The van der Waals surface area contributed by atoms with Crippen LogP contribution in [0.1, 0.15) is 17.5 Å². The molecule has 0 radical (unpaired) electrons. The molecule has 12 nitrogen and oxygen atoms in total. The zero-order valence-corrected chi connectivity index (χ0v) is 24.9. The summed E-state index contributed by atoms with van der Waals surface area (Å²) in [6, 6.07) is 4.21. The first kappa shape index (κ1) is 34.8. The molecule has 7 rings (SSSR count). The molecule has 0 amide bonds. The predicted molar refractivity (Wildman–Crippen MR) is 143 cm³/mol. The summed E-state index contributed by atoms with van der Waals surface area (Å²) in [5.74, 6) is -32.7. The standard InChI is InChI=1S/C30F12N12/c31-7-8(32)14(38)20-19(13(7)37)46-25(47-20)4(1-43)28-52-29(5(2-44)26-48-21-15(39)9(33)10(34)16(40)22(21)49-26)54-30(53-28)6(3-45)27-50-23-17(41)11(35)12(36)18(42)24(23)51-27. The molecular weight excluding hydrogens is 756 g/mol. The van der Waals surface area contributed by atoms with Crippen LogP contribution in [0.15, 0.2) is 47.4 Å². The monoisotopic (exact) mass is 756 g/mol. The Bertz CT molecular complexity index is 2680. The molecule has 0 bridgehead atoms. The van der Waals surface area contributed by atoms with E-state index in [2.05, 4.69) is 44.9 Å². The molecule has 0 N–H and O–H groups in total. The van der Waals surface area contributed by atoms with Gasteiger partial charge in [-0.3, -0.25) is 0 Å². The molecule has 1 aromatic heterocycles. The number of fused-ring (bicyclic) bond motifs is 3. The van der Waals surface area contributed by atoms with E-state index >= 15 is 0 Å². The van der Waals surface area contributed by atoms with Crippen molar-refractivity contribution >= 4 is 16.7 Å². The van der Waals surface area contributed by atoms with E-state index in [0.29, 0.717) is 0 Å². The molecule has 264 valence electrons. The lowest BCUT2D eigenvalue weighted by atomic mass is 10.2. The summed E-state index contributed by atoms with van der Waals surface area (Å²) in [5, 5.41) is 22.6. The summed E-state index contributed by atoms with van der Waals surface area (Å²) in [4.78, 5) is 32.1. The highest BCUT2D eigenvalue weighted by Gasteiger charge is 2.30. The predicted octanol–water partition coefficient (Wildman–Crippen LogP) is 1.98. The Morgan fingerprint density at radius 2 is 0.463 bits per heavy atom. The number of nitriles is 3. The number of halogens is 12. The number of hydrogen-bond acceptors (Lipinski definition) is 12. The van der Waals surface area contributed by atoms with Crippen LogP contribution in [-0.4, -0.2) is 15.0 Å². The van der Waals surface area contributed by atoms with Crippen LogP contribution >= 0.6 is 0 Å². The Labute approximate surface area is 285 Å². The minimum Gasteiger partial charge on any atom is -0.222 e. The third-order valence-corrected chi connectivity index (χ3v) is 7.27. The van der Waals surface area contributed by atoms with Gasteiger partial charge in [-0.05, 0) is 0 Å². The number of nitrogens with zero attached hydrogens (tertiary/aromatic N) is 12. The van der Waals surface area contributed by atoms with Gasteiger partial charge < -0.3 is 0 Å². The molecule has 0 aliphatic carbocycles. The van der Waals surface area contributed by atoms with E-state index in [-0.39, 0.29) is 0 Å². The van der Waals surface area contributed by atoms with E-state index in [0.717, 1.165) is 0 Å². The zero-order valence-electron chi connectivity index (χ0n) is 24.9. The van der Waals surface area contributed by atoms with E-state index in [1.807, 2.05) is 0 Å². The first-order valence-corrected chi connectivity index (χ1v) is 13.7.